The van der Waals surface area contributed by atoms with E-state index in [1.807, 2.05) is 32.8 Å². The molecule has 0 aromatic rings. The Kier molecular flexibility index (Phi) is 9.73. The fourth-order valence-corrected chi connectivity index (χ4v) is 1.99. The maximum absolute atomic E-state index is 11.0. The Labute approximate surface area is 116 Å². The summed E-state index contributed by atoms with van der Waals surface area (Å²) in [5.41, 5.74) is -0.200. The largest absolute Gasteiger partial charge is 0.346 e. The van der Waals surface area contributed by atoms with Gasteiger partial charge in [0.1, 0.15) is 0 Å². The van der Waals surface area contributed by atoms with E-state index in [2.05, 4.69) is 11.9 Å². The number of nitrogens with zero attached hydrogens (tertiary/aromatic N) is 1. The minimum atomic E-state index is -3.67. The molecule has 0 saturated carbocycles. The molecule has 0 spiro atoms. The van der Waals surface area contributed by atoms with Crippen molar-refractivity contribution < 1.29 is 17.8 Å². The van der Waals surface area contributed by atoms with E-state index in [0.29, 0.717) is 6.42 Å². The van der Waals surface area contributed by atoms with Crippen LogP contribution in [0.1, 0.15) is 27.2 Å². The van der Waals surface area contributed by atoms with Crippen LogP contribution in [0, 0.1) is 0 Å². The quantitative estimate of drug-likeness (QED) is 0.562. The fraction of sp³-hybridized carbons (Fsp3) is 0.750. The van der Waals surface area contributed by atoms with Gasteiger partial charge in [-0.2, -0.15) is 8.42 Å². The molecule has 0 radical (unpaired) electrons. The van der Waals surface area contributed by atoms with Crippen LogP contribution in [0.3, 0.4) is 0 Å². The molecule has 0 unspecified atom stereocenters. The molecule has 114 valence electrons. The van der Waals surface area contributed by atoms with Crippen molar-refractivity contribution in [3.05, 3.63) is 12.7 Å². The number of amides is 1. The van der Waals surface area contributed by atoms with E-state index in [0.717, 1.165) is 6.54 Å². The number of carbonyl (C=O) groups excluding carboxylic acids is 1. The molecule has 0 atom stereocenters. The van der Waals surface area contributed by atoms with Crippen LogP contribution >= 0.6 is 0 Å². The van der Waals surface area contributed by atoms with Crippen molar-refractivity contribution in [2.75, 3.05) is 26.4 Å². The SMILES string of the molecule is C=CC(=O)NC(C)(C)CN(C)C.CCCS(=O)(=O)O. The van der Waals surface area contributed by atoms with Gasteiger partial charge in [0.25, 0.3) is 10.1 Å². The number of rotatable bonds is 6. The number of nitrogens with one attached hydrogen (secondary N) is 1. The number of likely N-dealkylation sites (N-methyl/N-ethyl adjacent to an activating group) is 1. The zero-order valence-corrected chi connectivity index (χ0v) is 13.2. The van der Waals surface area contributed by atoms with E-state index >= 15 is 0 Å². The zero-order valence-electron chi connectivity index (χ0n) is 12.4. The third kappa shape index (κ3) is 17.1. The average molecular weight is 294 g/mol. The highest BCUT2D eigenvalue weighted by atomic mass is 32.2. The maximum atomic E-state index is 11.0. The zero-order chi connectivity index (χ0) is 15.7. The maximum Gasteiger partial charge on any atom is 0.264 e. The van der Waals surface area contributed by atoms with Crippen LogP contribution in [0.5, 0.6) is 0 Å². The van der Waals surface area contributed by atoms with E-state index in [1.54, 1.807) is 6.92 Å². The second-order valence-corrected chi connectivity index (χ2v) is 6.67. The van der Waals surface area contributed by atoms with Crippen LogP contribution in [0.4, 0.5) is 0 Å². The van der Waals surface area contributed by atoms with Gasteiger partial charge in [-0.1, -0.05) is 13.5 Å². The highest BCUT2D eigenvalue weighted by molar-refractivity contribution is 7.85. The summed E-state index contributed by atoms with van der Waals surface area (Å²) in [4.78, 5) is 13.0. The molecule has 1 amide bonds. The van der Waals surface area contributed by atoms with Crippen molar-refractivity contribution in [2.24, 2.45) is 0 Å². The molecule has 0 heterocycles. The van der Waals surface area contributed by atoms with Crippen LogP contribution in [0.15, 0.2) is 12.7 Å². The number of hydrogen-bond donors (Lipinski definition) is 2. The fourth-order valence-electron chi connectivity index (χ4n) is 1.47. The summed E-state index contributed by atoms with van der Waals surface area (Å²) in [6.45, 7) is 9.86. The van der Waals surface area contributed by atoms with Crippen LogP contribution in [-0.4, -0.2) is 55.7 Å². The molecule has 0 rings (SSSR count). The Balaban J connectivity index is 0. The van der Waals surface area contributed by atoms with Crippen molar-refractivity contribution >= 4 is 16.0 Å². The van der Waals surface area contributed by atoms with Crippen LogP contribution in [-0.2, 0) is 14.9 Å². The Morgan fingerprint density at radius 1 is 1.42 bits per heavy atom. The van der Waals surface area contributed by atoms with E-state index in [9.17, 15) is 13.2 Å². The summed E-state index contributed by atoms with van der Waals surface area (Å²) in [5.74, 6) is -0.255. The monoisotopic (exact) mass is 294 g/mol. The second-order valence-electron chi connectivity index (χ2n) is 5.10. The molecule has 0 aliphatic heterocycles. The van der Waals surface area contributed by atoms with Gasteiger partial charge in [-0.15, -0.1) is 0 Å². The first-order chi connectivity index (χ1) is 8.43. The molecule has 0 fully saturated rings. The Morgan fingerprint density at radius 3 is 2.11 bits per heavy atom. The molecule has 0 aromatic heterocycles. The highest BCUT2D eigenvalue weighted by Crippen LogP contribution is 2.02. The van der Waals surface area contributed by atoms with E-state index in [-0.39, 0.29) is 17.2 Å². The summed E-state index contributed by atoms with van der Waals surface area (Å²) in [6, 6.07) is 0. The van der Waals surface area contributed by atoms with Gasteiger partial charge in [-0.3, -0.25) is 9.35 Å². The van der Waals surface area contributed by atoms with Gasteiger partial charge in [0.05, 0.1) is 5.75 Å². The minimum absolute atomic E-state index is 0.123. The van der Waals surface area contributed by atoms with Crippen LogP contribution in [0.25, 0.3) is 0 Å². The van der Waals surface area contributed by atoms with Crippen molar-refractivity contribution in [2.45, 2.75) is 32.7 Å². The summed E-state index contributed by atoms with van der Waals surface area (Å²) in [7, 11) is 0.274. The van der Waals surface area contributed by atoms with Gasteiger partial charge < -0.3 is 10.2 Å². The van der Waals surface area contributed by atoms with E-state index in [1.165, 1.54) is 6.08 Å². The second kappa shape index (κ2) is 9.06. The summed E-state index contributed by atoms with van der Waals surface area (Å²) in [5, 5.41) is 2.84. The lowest BCUT2D eigenvalue weighted by molar-refractivity contribution is -0.118. The third-order valence-electron chi connectivity index (χ3n) is 1.82. The number of hydrogen-bond acceptors (Lipinski definition) is 4. The summed E-state index contributed by atoms with van der Waals surface area (Å²) in [6.07, 6.45) is 1.76. The molecule has 0 bridgehead atoms. The predicted molar refractivity (Wildman–Crippen MR) is 77.7 cm³/mol. The lowest BCUT2D eigenvalue weighted by Gasteiger charge is -2.28. The van der Waals surface area contributed by atoms with Crippen molar-refractivity contribution in [3.8, 4) is 0 Å². The van der Waals surface area contributed by atoms with Gasteiger partial charge in [-0.05, 0) is 40.4 Å². The van der Waals surface area contributed by atoms with Crippen molar-refractivity contribution in [1.82, 2.24) is 10.2 Å². The molecular formula is C12H26N2O4S. The molecule has 0 aromatic carbocycles. The first kappa shape index (κ1) is 20.4. The molecule has 2 N–H and O–H groups in total. The van der Waals surface area contributed by atoms with Crippen LogP contribution < -0.4 is 5.32 Å². The smallest absolute Gasteiger partial charge is 0.264 e. The normalized spacial score (nSPS) is 11.5. The van der Waals surface area contributed by atoms with Crippen LogP contribution in [0.2, 0.25) is 0 Å². The summed E-state index contributed by atoms with van der Waals surface area (Å²) >= 11 is 0. The topological polar surface area (TPSA) is 86.7 Å². The number of carbonyl (C=O) groups is 1. The molecule has 6 nitrogen and oxygen atoms in total. The Bertz CT molecular complexity index is 375. The standard InChI is InChI=1S/C9H18N2O.C3H8O3S/c1-6-8(12)10-9(2,3)7-11(4)5;1-2-3-7(4,5)6/h6H,1,7H2,2-5H3,(H,10,12);2-3H2,1H3,(H,4,5,6). The predicted octanol–water partition coefficient (Wildman–Crippen LogP) is 0.913. The Morgan fingerprint density at radius 2 is 1.89 bits per heavy atom. The first-order valence-corrected chi connectivity index (χ1v) is 7.59. The Hall–Kier alpha value is -0.920. The molecule has 7 heteroatoms. The summed E-state index contributed by atoms with van der Waals surface area (Å²) < 4.78 is 27.6. The van der Waals surface area contributed by atoms with Gasteiger partial charge in [0.2, 0.25) is 5.91 Å². The van der Waals surface area contributed by atoms with E-state index < -0.39 is 10.1 Å². The lowest BCUT2D eigenvalue weighted by atomic mass is 10.1. The van der Waals surface area contributed by atoms with Crippen molar-refractivity contribution in [1.29, 1.82) is 0 Å². The lowest BCUT2D eigenvalue weighted by Crippen LogP contribution is -2.49. The molecule has 0 aliphatic carbocycles. The molecule has 0 saturated heterocycles. The van der Waals surface area contributed by atoms with Crippen molar-refractivity contribution in [3.63, 3.8) is 0 Å². The van der Waals surface area contributed by atoms with Gasteiger partial charge >= 0.3 is 0 Å². The van der Waals surface area contributed by atoms with Gasteiger partial charge in [0, 0.05) is 12.1 Å². The minimum Gasteiger partial charge on any atom is -0.346 e. The molecular weight excluding hydrogens is 268 g/mol. The highest BCUT2D eigenvalue weighted by Gasteiger charge is 2.19. The molecule has 19 heavy (non-hydrogen) atoms. The first-order valence-electron chi connectivity index (χ1n) is 5.98. The third-order valence-corrected chi connectivity index (χ3v) is 2.74. The van der Waals surface area contributed by atoms with Gasteiger partial charge in [-0.25, -0.2) is 0 Å². The van der Waals surface area contributed by atoms with Gasteiger partial charge in [0.15, 0.2) is 0 Å². The average Bonchev–Trinajstić information content (AvgIpc) is 2.13. The molecule has 0 aliphatic rings. The van der Waals surface area contributed by atoms with E-state index in [4.69, 9.17) is 4.55 Å².